The molecule has 1 atom stereocenters. The lowest BCUT2D eigenvalue weighted by Gasteiger charge is -2.18. The topological polar surface area (TPSA) is 86.9 Å². The summed E-state index contributed by atoms with van der Waals surface area (Å²) in [5, 5.41) is 4.13. The zero-order valence-electron chi connectivity index (χ0n) is 17.8. The summed E-state index contributed by atoms with van der Waals surface area (Å²) in [6, 6.07) is 13.2. The van der Waals surface area contributed by atoms with E-state index in [-0.39, 0.29) is 11.8 Å². The van der Waals surface area contributed by atoms with Crippen molar-refractivity contribution in [2.45, 2.75) is 25.8 Å². The summed E-state index contributed by atoms with van der Waals surface area (Å²) < 4.78 is 21.8. The number of hydrogen-bond acceptors (Lipinski definition) is 7. The van der Waals surface area contributed by atoms with Crippen LogP contribution < -0.4 is 14.2 Å². The van der Waals surface area contributed by atoms with Crippen LogP contribution in [-0.2, 0) is 11.3 Å². The zero-order chi connectivity index (χ0) is 21.8. The van der Waals surface area contributed by atoms with Gasteiger partial charge in [-0.05, 0) is 31.2 Å². The molecule has 2 aromatic carbocycles. The SMILES string of the molecule is CCOc1ccccc1CN1CC(c2noc(-c3ccc(OC)c(OC)c3)n2)CC1=O. The number of rotatable bonds is 8. The predicted molar refractivity (Wildman–Crippen MR) is 113 cm³/mol. The third-order valence-electron chi connectivity index (χ3n) is 5.29. The van der Waals surface area contributed by atoms with Gasteiger partial charge in [0.25, 0.3) is 5.89 Å². The average molecular weight is 423 g/mol. The Morgan fingerprint density at radius 3 is 2.68 bits per heavy atom. The van der Waals surface area contributed by atoms with Crippen LogP contribution in [0.2, 0.25) is 0 Å². The van der Waals surface area contributed by atoms with E-state index in [1.54, 1.807) is 26.4 Å². The molecule has 1 fully saturated rings. The van der Waals surface area contributed by atoms with E-state index in [2.05, 4.69) is 10.1 Å². The van der Waals surface area contributed by atoms with Crippen molar-refractivity contribution in [3.05, 3.63) is 53.9 Å². The third kappa shape index (κ3) is 4.33. The van der Waals surface area contributed by atoms with Gasteiger partial charge in [-0.3, -0.25) is 4.79 Å². The van der Waals surface area contributed by atoms with Crippen molar-refractivity contribution in [3.63, 3.8) is 0 Å². The van der Waals surface area contributed by atoms with Gasteiger partial charge in [0, 0.05) is 36.6 Å². The Hall–Kier alpha value is -3.55. The normalized spacial score (nSPS) is 15.9. The number of methoxy groups -OCH3 is 2. The Bertz CT molecular complexity index is 1060. The quantitative estimate of drug-likeness (QED) is 0.546. The predicted octanol–water partition coefficient (Wildman–Crippen LogP) is 3.67. The number of hydrogen-bond donors (Lipinski definition) is 0. The molecule has 8 nitrogen and oxygen atoms in total. The Labute approximate surface area is 180 Å². The molecule has 0 radical (unpaired) electrons. The number of nitrogens with zero attached hydrogens (tertiary/aromatic N) is 3. The van der Waals surface area contributed by atoms with Crippen LogP contribution in [0.15, 0.2) is 47.0 Å². The summed E-state index contributed by atoms with van der Waals surface area (Å²) in [7, 11) is 3.15. The average Bonchev–Trinajstić information content (AvgIpc) is 3.42. The fraction of sp³-hybridized carbons (Fsp3) is 0.348. The van der Waals surface area contributed by atoms with Crippen molar-refractivity contribution < 1.29 is 23.5 Å². The number of benzene rings is 2. The van der Waals surface area contributed by atoms with Crippen molar-refractivity contribution >= 4 is 5.91 Å². The van der Waals surface area contributed by atoms with Crippen molar-refractivity contribution in [1.29, 1.82) is 0 Å². The van der Waals surface area contributed by atoms with Gasteiger partial charge in [-0.2, -0.15) is 4.98 Å². The summed E-state index contributed by atoms with van der Waals surface area (Å²) in [5.41, 5.74) is 1.71. The molecule has 1 aliphatic heterocycles. The van der Waals surface area contributed by atoms with Crippen molar-refractivity contribution in [3.8, 4) is 28.7 Å². The van der Waals surface area contributed by atoms with Crippen LogP contribution in [0.25, 0.3) is 11.5 Å². The lowest BCUT2D eigenvalue weighted by molar-refractivity contribution is -0.128. The number of amides is 1. The van der Waals surface area contributed by atoms with Gasteiger partial charge >= 0.3 is 0 Å². The van der Waals surface area contributed by atoms with E-state index in [4.69, 9.17) is 18.7 Å². The molecule has 3 aromatic rings. The standard InChI is InChI=1S/C23H25N3O5/c1-4-30-18-8-6-5-7-16(18)13-26-14-17(12-21(26)27)22-24-23(31-25-22)15-9-10-19(28-2)20(11-15)29-3/h5-11,17H,4,12-14H2,1-3H3. The first-order chi connectivity index (χ1) is 15.1. The summed E-state index contributed by atoms with van der Waals surface area (Å²) >= 11 is 0. The molecule has 0 aliphatic carbocycles. The molecule has 2 heterocycles. The van der Waals surface area contributed by atoms with Crippen LogP contribution >= 0.6 is 0 Å². The van der Waals surface area contributed by atoms with E-state index in [0.29, 0.717) is 49.3 Å². The first kappa shape index (κ1) is 20.7. The first-order valence-corrected chi connectivity index (χ1v) is 10.2. The maximum atomic E-state index is 12.6. The summed E-state index contributed by atoms with van der Waals surface area (Å²) in [4.78, 5) is 19.0. The molecule has 4 rings (SSSR count). The Kier molecular flexibility index (Phi) is 6.06. The third-order valence-corrected chi connectivity index (χ3v) is 5.29. The fourth-order valence-electron chi connectivity index (χ4n) is 3.72. The number of likely N-dealkylation sites (tertiary alicyclic amines) is 1. The molecule has 1 saturated heterocycles. The number of aromatic nitrogens is 2. The van der Waals surface area contributed by atoms with E-state index in [9.17, 15) is 4.79 Å². The Morgan fingerprint density at radius 2 is 1.90 bits per heavy atom. The van der Waals surface area contributed by atoms with E-state index < -0.39 is 0 Å². The van der Waals surface area contributed by atoms with Gasteiger partial charge in [-0.25, -0.2) is 0 Å². The van der Waals surface area contributed by atoms with Crippen LogP contribution in [0.4, 0.5) is 0 Å². The van der Waals surface area contributed by atoms with Gasteiger partial charge in [0.05, 0.1) is 20.8 Å². The number of carbonyl (C=O) groups excluding carboxylic acids is 1. The van der Waals surface area contributed by atoms with Gasteiger partial charge in [0.15, 0.2) is 17.3 Å². The van der Waals surface area contributed by atoms with Crippen LogP contribution in [0, 0.1) is 0 Å². The number of carbonyl (C=O) groups is 1. The molecule has 0 saturated carbocycles. The van der Waals surface area contributed by atoms with Crippen molar-refractivity contribution in [2.75, 3.05) is 27.4 Å². The van der Waals surface area contributed by atoms with Crippen LogP contribution in [-0.4, -0.2) is 48.3 Å². The molecule has 0 spiro atoms. The summed E-state index contributed by atoms with van der Waals surface area (Å²) in [6.07, 6.45) is 0.349. The molecular weight excluding hydrogens is 398 g/mol. The number of ether oxygens (including phenoxy) is 3. The van der Waals surface area contributed by atoms with E-state index in [0.717, 1.165) is 16.9 Å². The van der Waals surface area contributed by atoms with Crippen LogP contribution in [0.3, 0.4) is 0 Å². The maximum Gasteiger partial charge on any atom is 0.258 e. The molecule has 31 heavy (non-hydrogen) atoms. The van der Waals surface area contributed by atoms with Crippen LogP contribution in [0.5, 0.6) is 17.2 Å². The van der Waals surface area contributed by atoms with Gasteiger partial charge in [-0.1, -0.05) is 23.4 Å². The second-order valence-electron chi connectivity index (χ2n) is 7.24. The molecule has 1 aliphatic rings. The van der Waals surface area contributed by atoms with Gasteiger partial charge < -0.3 is 23.6 Å². The lowest BCUT2D eigenvalue weighted by Crippen LogP contribution is -2.24. The minimum Gasteiger partial charge on any atom is -0.494 e. The highest BCUT2D eigenvalue weighted by atomic mass is 16.5. The monoisotopic (exact) mass is 423 g/mol. The molecular formula is C23H25N3O5. The van der Waals surface area contributed by atoms with Crippen molar-refractivity contribution in [2.24, 2.45) is 0 Å². The van der Waals surface area contributed by atoms with Gasteiger partial charge in [-0.15, -0.1) is 0 Å². The van der Waals surface area contributed by atoms with E-state index >= 15 is 0 Å². The molecule has 1 amide bonds. The van der Waals surface area contributed by atoms with Gasteiger partial charge in [0.2, 0.25) is 5.91 Å². The minimum absolute atomic E-state index is 0.0637. The molecule has 1 aromatic heterocycles. The Morgan fingerprint density at radius 1 is 1.10 bits per heavy atom. The Balaban J connectivity index is 1.49. The molecule has 0 bridgehead atoms. The minimum atomic E-state index is -0.121. The second kappa shape index (κ2) is 9.07. The second-order valence-corrected chi connectivity index (χ2v) is 7.24. The molecule has 162 valence electrons. The summed E-state index contributed by atoms with van der Waals surface area (Å²) in [6.45, 7) is 3.55. The maximum absolute atomic E-state index is 12.6. The largest absolute Gasteiger partial charge is 0.494 e. The first-order valence-electron chi connectivity index (χ1n) is 10.2. The van der Waals surface area contributed by atoms with Gasteiger partial charge in [0.1, 0.15) is 5.75 Å². The van der Waals surface area contributed by atoms with E-state index in [1.807, 2.05) is 42.2 Å². The lowest BCUT2D eigenvalue weighted by atomic mass is 10.1. The zero-order valence-corrected chi connectivity index (χ0v) is 17.8. The smallest absolute Gasteiger partial charge is 0.258 e. The number of para-hydroxylation sites is 1. The van der Waals surface area contributed by atoms with Crippen LogP contribution in [0.1, 0.15) is 30.7 Å². The van der Waals surface area contributed by atoms with E-state index in [1.165, 1.54) is 0 Å². The van der Waals surface area contributed by atoms with Crippen molar-refractivity contribution in [1.82, 2.24) is 15.0 Å². The molecule has 0 N–H and O–H groups in total. The highest BCUT2D eigenvalue weighted by Crippen LogP contribution is 2.34. The molecule has 8 heteroatoms. The highest BCUT2D eigenvalue weighted by Gasteiger charge is 2.34. The fourth-order valence-corrected chi connectivity index (χ4v) is 3.72. The summed E-state index contributed by atoms with van der Waals surface area (Å²) in [5.74, 6) is 2.85. The molecule has 1 unspecified atom stereocenters. The highest BCUT2D eigenvalue weighted by molar-refractivity contribution is 5.79.